The van der Waals surface area contributed by atoms with Crippen molar-refractivity contribution < 1.29 is 14.3 Å². The van der Waals surface area contributed by atoms with E-state index in [0.717, 1.165) is 0 Å². The smallest absolute Gasteiger partial charge is 0.200 e. The molecule has 0 amide bonds. The Kier molecular flexibility index (Phi) is 4.82. The van der Waals surface area contributed by atoms with Crippen molar-refractivity contribution in [2.24, 2.45) is 0 Å². The van der Waals surface area contributed by atoms with Gasteiger partial charge in [0.05, 0.1) is 0 Å². The molecule has 0 atom stereocenters. The molecule has 0 saturated carbocycles. The van der Waals surface area contributed by atoms with Gasteiger partial charge in [-0.1, -0.05) is 60.7 Å². The van der Waals surface area contributed by atoms with E-state index in [1.807, 2.05) is 36.4 Å². The van der Waals surface area contributed by atoms with Crippen LogP contribution in [0.2, 0.25) is 0 Å². The van der Waals surface area contributed by atoms with Crippen LogP contribution in [-0.2, 0) is 0 Å². The maximum atomic E-state index is 12.3. The molecule has 0 spiro atoms. The average molecular weight is 316 g/mol. The molecule has 0 saturated heterocycles. The fraction of sp³-hybridized carbons (Fsp3) is 0.0476. The molecule has 24 heavy (non-hydrogen) atoms. The minimum absolute atomic E-state index is 0.0318. The van der Waals surface area contributed by atoms with Crippen LogP contribution in [0.5, 0.6) is 5.75 Å². The van der Waals surface area contributed by atoms with E-state index in [9.17, 15) is 9.59 Å². The Hall–Kier alpha value is -3.20. The normalized spacial score (nSPS) is 10.2. The van der Waals surface area contributed by atoms with Gasteiger partial charge in [0.2, 0.25) is 0 Å². The molecule has 0 aliphatic heterocycles. The topological polar surface area (TPSA) is 43.4 Å². The van der Waals surface area contributed by atoms with Gasteiger partial charge in [0.15, 0.2) is 18.2 Å². The lowest BCUT2D eigenvalue weighted by Crippen LogP contribution is -2.11. The number of hydrogen-bond acceptors (Lipinski definition) is 3. The van der Waals surface area contributed by atoms with Crippen LogP contribution in [0.3, 0.4) is 0 Å². The van der Waals surface area contributed by atoms with Gasteiger partial charge in [-0.25, -0.2) is 0 Å². The second kappa shape index (κ2) is 7.38. The Bertz CT molecular complexity index is 822. The lowest BCUT2D eigenvalue weighted by Gasteiger charge is -2.07. The Labute approximate surface area is 140 Å². The molecule has 0 N–H and O–H groups in total. The molecule has 0 aliphatic carbocycles. The van der Waals surface area contributed by atoms with Crippen molar-refractivity contribution in [3.63, 3.8) is 0 Å². The molecule has 0 fully saturated rings. The average Bonchev–Trinajstić information content (AvgIpc) is 2.67. The van der Waals surface area contributed by atoms with Crippen LogP contribution in [0.25, 0.3) is 0 Å². The zero-order valence-electron chi connectivity index (χ0n) is 13.0. The molecular formula is C21H16O3. The summed E-state index contributed by atoms with van der Waals surface area (Å²) in [5.41, 5.74) is 1.85. The summed E-state index contributed by atoms with van der Waals surface area (Å²) in [7, 11) is 0. The predicted octanol–water partition coefficient (Wildman–Crippen LogP) is 4.18. The van der Waals surface area contributed by atoms with E-state index >= 15 is 0 Å². The van der Waals surface area contributed by atoms with E-state index in [4.69, 9.17) is 4.74 Å². The summed E-state index contributed by atoms with van der Waals surface area (Å²) in [6.07, 6.45) is 0. The Morgan fingerprint density at radius 1 is 0.625 bits per heavy atom. The molecule has 0 aromatic heterocycles. The largest absolute Gasteiger partial charge is 0.485 e. The first-order valence-corrected chi connectivity index (χ1v) is 7.65. The van der Waals surface area contributed by atoms with Gasteiger partial charge in [0.1, 0.15) is 5.75 Å². The maximum absolute atomic E-state index is 12.3. The van der Waals surface area contributed by atoms with Gasteiger partial charge in [-0.3, -0.25) is 9.59 Å². The van der Waals surface area contributed by atoms with Crippen LogP contribution in [-0.4, -0.2) is 18.2 Å². The third-order valence-electron chi connectivity index (χ3n) is 3.62. The zero-order chi connectivity index (χ0) is 16.8. The van der Waals surface area contributed by atoms with Gasteiger partial charge in [-0.05, 0) is 24.3 Å². The molecule has 0 aliphatic rings. The quantitative estimate of drug-likeness (QED) is 0.641. The van der Waals surface area contributed by atoms with Gasteiger partial charge in [0.25, 0.3) is 0 Å². The third kappa shape index (κ3) is 3.76. The number of hydrogen-bond donors (Lipinski definition) is 0. The molecule has 0 unspecified atom stereocenters. The minimum atomic E-state index is -0.0833. The number of ketones is 2. The van der Waals surface area contributed by atoms with Gasteiger partial charge >= 0.3 is 0 Å². The van der Waals surface area contributed by atoms with E-state index < -0.39 is 0 Å². The fourth-order valence-corrected chi connectivity index (χ4v) is 2.31. The molecule has 0 heterocycles. The first-order valence-electron chi connectivity index (χ1n) is 7.65. The fourth-order valence-electron chi connectivity index (χ4n) is 2.31. The second-order valence-electron chi connectivity index (χ2n) is 5.30. The SMILES string of the molecule is O=C(COc1ccc(C(=O)c2ccccc2)cc1)c1ccccc1. The van der Waals surface area contributed by atoms with E-state index in [0.29, 0.717) is 22.4 Å². The van der Waals surface area contributed by atoms with Crippen LogP contribution in [0, 0.1) is 0 Å². The number of ether oxygens (including phenoxy) is 1. The van der Waals surface area contributed by atoms with Crippen LogP contribution in [0.15, 0.2) is 84.9 Å². The summed E-state index contributed by atoms with van der Waals surface area (Å²) in [4.78, 5) is 24.3. The van der Waals surface area contributed by atoms with Gasteiger partial charge in [0, 0.05) is 16.7 Å². The molecule has 0 radical (unpaired) electrons. The van der Waals surface area contributed by atoms with E-state index in [1.165, 1.54) is 0 Å². The van der Waals surface area contributed by atoms with E-state index in [-0.39, 0.29) is 18.2 Å². The highest BCUT2D eigenvalue weighted by molar-refractivity contribution is 6.09. The third-order valence-corrected chi connectivity index (χ3v) is 3.62. The monoisotopic (exact) mass is 316 g/mol. The van der Waals surface area contributed by atoms with E-state index in [2.05, 4.69) is 0 Å². The summed E-state index contributed by atoms with van der Waals surface area (Å²) >= 11 is 0. The van der Waals surface area contributed by atoms with Crippen molar-refractivity contribution in [3.05, 3.63) is 102 Å². The van der Waals surface area contributed by atoms with Crippen molar-refractivity contribution >= 4 is 11.6 Å². The second-order valence-corrected chi connectivity index (χ2v) is 5.30. The highest BCUT2D eigenvalue weighted by Gasteiger charge is 2.09. The lowest BCUT2D eigenvalue weighted by atomic mass is 10.0. The lowest BCUT2D eigenvalue weighted by molar-refractivity contribution is 0.0920. The van der Waals surface area contributed by atoms with Crippen molar-refractivity contribution in [3.8, 4) is 5.75 Å². The number of Topliss-reactive ketones (excluding diaryl/α,β-unsaturated/α-hetero) is 1. The molecular weight excluding hydrogens is 300 g/mol. The van der Waals surface area contributed by atoms with Crippen molar-refractivity contribution in [2.75, 3.05) is 6.61 Å². The summed E-state index contributed by atoms with van der Waals surface area (Å²) in [5.74, 6) is 0.437. The number of rotatable bonds is 6. The molecule has 0 bridgehead atoms. The van der Waals surface area contributed by atoms with Crippen LogP contribution in [0.4, 0.5) is 0 Å². The van der Waals surface area contributed by atoms with Crippen LogP contribution < -0.4 is 4.74 Å². The van der Waals surface area contributed by atoms with Gasteiger partial charge in [-0.15, -0.1) is 0 Å². The standard InChI is InChI=1S/C21H16O3/c22-20(16-7-3-1-4-8-16)15-24-19-13-11-18(12-14-19)21(23)17-9-5-2-6-10-17/h1-14H,15H2. The van der Waals surface area contributed by atoms with Crippen LogP contribution in [0.1, 0.15) is 26.3 Å². The zero-order valence-corrected chi connectivity index (χ0v) is 13.0. The first kappa shape index (κ1) is 15.7. The number of carbonyl (C=O) groups is 2. The predicted molar refractivity (Wildman–Crippen MR) is 92.6 cm³/mol. The number of carbonyl (C=O) groups excluding carboxylic acids is 2. The Morgan fingerprint density at radius 2 is 1.12 bits per heavy atom. The molecule has 3 heteroatoms. The van der Waals surface area contributed by atoms with Crippen molar-refractivity contribution in [1.29, 1.82) is 0 Å². The first-order chi connectivity index (χ1) is 11.7. The van der Waals surface area contributed by atoms with Crippen LogP contribution >= 0.6 is 0 Å². The number of benzene rings is 3. The highest BCUT2D eigenvalue weighted by Crippen LogP contribution is 2.16. The molecule has 3 nitrogen and oxygen atoms in total. The van der Waals surface area contributed by atoms with Gasteiger partial charge < -0.3 is 4.74 Å². The molecule has 3 rings (SSSR count). The van der Waals surface area contributed by atoms with Gasteiger partial charge in [-0.2, -0.15) is 0 Å². The summed E-state index contributed by atoms with van der Waals surface area (Å²) < 4.78 is 5.50. The maximum Gasteiger partial charge on any atom is 0.200 e. The molecule has 118 valence electrons. The highest BCUT2D eigenvalue weighted by atomic mass is 16.5. The summed E-state index contributed by atoms with van der Waals surface area (Å²) in [5, 5.41) is 0. The Morgan fingerprint density at radius 3 is 1.71 bits per heavy atom. The van der Waals surface area contributed by atoms with Crippen molar-refractivity contribution in [2.45, 2.75) is 0 Å². The summed E-state index contributed by atoms with van der Waals surface area (Å²) in [6, 6.07) is 24.9. The van der Waals surface area contributed by atoms with E-state index in [1.54, 1.807) is 48.5 Å². The minimum Gasteiger partial charge on any atom is -0.485 e. The Balaban J connectivity index is 1.63. The molecule has 3 aromatic rings. The van der Waals surface area contributed by atoms with Crippen molar-refractivity contribution in [1.82, 2.24) is 0 Å². The summed E-state index contributed by atoms with van der Waals surface area (Å²) in [6.45, 7) is -0.0318. The molecule has 3 aromatic carbocycles.